The minimum Gasteiger partial charge on any atom is -0.495 e. The summed E-state index contributed by atoms with van der Waals surface area (Å²) in [6.07, 6.45) is -3.05. The summed E-state index contributed by atoms with van der Waals surface area (Å²) in [7, 11) is -0.859. The van der Waals surface area contributed by atoms with Gasteiger partial charge in [-0.15, -0.1) is 0 Å². The number of amides is 1. The van der Waals surface area contributed by atoms with Crippen molar-refractivity contribution in [2.75, 3.05) is 30.0 Å². The molecule has 0 bridgehead atoms. The minimum atomic E-state index is -4.71. The second kappa shape index (κ2) is 11.2. The van der Waals surface area contributed by atoms with E-state index in [9.17, 15) is 26.4 Å². The van der Waals surface area contributed by atoms with Gasteiger partial charge in [0.25, 0.3) is 0 Å². The highest BCUT2D eigenvalue weighted by Gasteiger charge is 2.35. The van der Waals surface area contributed by atoms with Gasteiger partial charge < -0.3 is 15.8 Å². The predicted octanol–water partition coefficient (Wildman–Crippen LogP) is 4.60. The van der Waals surface area contributed by atoms with Crippen LogP contribution in [-0.4, -0.2) is 44.7 Å². The van der Waals surface area contributed by atoms with Crippen molar-refractivity contribution in [1.82, 2.24) is 9.97 Å². The fourth-order valence-electron chi connectivity index (χ4n) is 3.64. The van der Waals surface area contributed by atoms with Gasteiger partial charge in [-0.25, -0.2) is 18.4 Å². The average molecular weight is 616 g/mol. The van der Waals surface area contributed by atoms with Crippen LogP contribution in [0, 0.1) is 6.92 Å². The van der Waals surface area contributed by atoms with Gasteiger partial charge >= 0.3 is 6.18 Å². The van der Waals surface area contributed by atoms with Gasteiger partial charge in [-0.05, 0) is 65.0 Å². The average Bonchev–Trinajstić information content (AvgIpc) is 2.81. The van der Waals surface area contributed by atoms with E-state index in [2.05, 4.69) is 31.2 Å². The molecule has 1 heterocycles. The second-order valence-corrected chi connectivity index (χ2v) is 11.3. The molecule has 9 nitrogen and oxygen atoms in total. The molecule has 14 heteroatoms. The number of ether oxygens (including phenoxy) is 1. The van der Waals surface area contributed by atoms with E-state index < -0.39 is 27.7 Å². The molecule has 0 aliphatic heterocycles. The van der Waals surface area contributed by atoms with Crippen LogP contribution in [0.1, 0.15) is 32.7 Å². The van der Waals surface area contributed by atoms with Crippen LogP contribution < -0.4 is 20.1 Å². The van der Waals surface area contributed by atoms with Crippen molar-refractivity contribution in [2.45, 2.75) is 25.9 Å². The predicted molar refractivity (Wildman–Crippen MR) is 141 cm³/mol. The first kappa shape index (κ1) is 29.2. The number of hydrogen-bond donors (Lipinski definition) is 2. The van der Waals surface area contributed by atoms with Gasteiger partial charge in [0.05, 0.1) is 41.6 Å². The molecular weight excluding hydrogens is 591 g/mol. The maximum absolute atomic E-state index is 13.8. The van der Waals surface area contributed by atoms with Gasteiger partial charge in [-0.3, -0.25) is 9.10 Å². The lowest BCUT2D eigenvalue weighted by Gasteiger charge is -2.21. The first-order valence-electron chi connectivity index (χ1n) is 11.0. The molecule has 2 aromatic carbocycles. The SMILES string of the molecule is COc1cc(C(N)=O)c(Br)cc1Nc1ncc(C(F)(F)F)c(CCc2ccc(C)cc2N(C)S(C)(=O)=O)n1. The molecule has 0 unspecified atom stereocenters. The largest absolute Gasteiger partial charge is 0.495 e. The summed E-state index contributed by atoms with van der Waals surface area (Å²) in [5.41, 5.74) is 6.20. The van der Waals surface area contributed by atoms with Crippen LogP contribution in [0.2, 0.25) is 0 Å². The first-order valence-corrected chi connectivity index (χ1v) is 13.7. The molecule has 3 rings (SSSR count). The summed E-state index contributed by atoms with van der Waals surface area (Å²) in [5.74, 6) is -0.644. The molecule has 0 saturated carbocycles. The Morgan fingerprint density at radius 3 is 2.47 bits per heavy atom. The Kier molecular flexibility index (Phi) is 8.56. The third-order valence-corrected chi connectivity index (χ3v) is 7.53. The number of rotatable bonds is 9. The molecule has 0 fully saturated rings. The first-order chi connectivity index (χ1) is 17.6. The zero-order valence-corrected chi connectivity index (χ0v) is 23.3. The number of anilines is 3. The molecule has 0 radical (unpaired) electrons. The third kappa shape index (κ3) is 6.72. The molecule has 0 saturated heterocycles. The Labute approximate surface area is 226 Å². The summed E-state index contributed by atoms with van der Waals surface area (Å²) in [5, 5.41) is 2.82. The van der Waals surface area contributed by atoms with Gasteiger partial charge in [0.1, 0.15) is 5.75 Å². The van der Waals surface area contributed by atoms with E-state index >= 15 is 0 Å². The van der Waals surface area contributed by atoms with Gasteiger partial charge in [-0.1, -0.05) is 12.1 Å². The topological polar surface area (TPSA) is 128 Å². The number of carbonyl (C=O) groups excluding carboxylic acids is 1. The van der Waals surface area contributed by atoms with Crippen LogP contribution in [0.4, 0.5) is 30.5 Å². The number of nitrogens with two attached hydrogens (primary N) is 1. The lowest BCUT2D eigenvalue weighted by Crippen LogP contribution is -2.26. The zero-order valence-electron chi connectivity index (χ0n) is 20.9. The van der Waals surface area contributed by atoms with Crippen molar-refractivity contribution in [3.63, 3.8) is 0 Å². The van der Waals surface area contributed by atoms with E-state index in [0.29, 0.717) is 21.9 Å². The number of primary amides is 1. The van der Waals surface area contributed by atoms with Crippen molar-refractivity contribution in [3.8, 4) is 5.75 Å². The molecule has 1 aromatic heterocycles. The molecule has 0 spiro atoms. The van der Waals surface area contributed by atoms with Crippen LogP contribution in [0.3, 0.4) is 0 Å². The van der Waals surface area contributed by atoms with Crippen molar-refractivity contribution in [2.24, 2.45) is 5.73 Å². The molecule has 0 aliphatic rings. The number of carbonyl (C=O) groups is 1. The van der Waals surface area contributed by atoms with Crippen LogP contribution >= 0.6 is 15.9 Å². The number of methoxy groups -OCH3 is 1. The van der Waals surface area contributed by atoms with Gasteiger partial charge in [0, 0.05) is 17.7 Å². The molecule has 38 heavy (non-hydrogen) atoms. The van der Waals surface area contributed by atoms with E-state index in [1.54, 1.807) is 25.1 Å². The second-order valence-electron chi connectivity index (χ2n) is 8.44. The molecule has 1 amide bonds. The van der Waals surface area contributed by atoms with E-state index in [4.69, 9.17) is 10.5 Å². The fraction of sp³-hybridized carbons (Fsp3) is 0.292. The monoisotopic (exact) mass is 615 g/mol. The highest BCUT2D eigenvalue weighted by Crippen LogP contribution is 2.35. The molecular formula is C24H25BrF3N5O4S. The number of sulfonamides is 1. The van der Waals surface area contributed by atoms with E-state index in [-0.39, 0.29) is 41.5 Å². The highest BCUT2D eigenvalue weighted by atomic mass is 79.9. The number of benzene rings is 2. The molecule has 3 aromatic rings. The standard InChI is InChI=1S/C24H25BrF3N5O4S/c1-13-5-6-14(20(9-13)33(2)38(4,35)36)7-8-18-16(24(26,27)28)12-30-23(31-18)32-19-11-17(25)15(22(29)34)10-21(19)37-3/h5-6,9-12H,7-8H2,1-4H3,(H2,29,34)(H,30,31,32). The summed E-state index contributed by atoms with van der Waals surface area (Å²) < 4.78 is 72.3. The summed E-state index contributed by atoms with van der Waals surface area (Å²) in [6, 6.07) is 7.94. The van der Waals surface area contributed by atoms with Crippen LogP contribution in [-0.2, 0) is 29.0 Å². The Morgan fingerprint density at radius 1 is 1.21 bits per heavy atom. The Bertz CT molecular complexity index is 1480. The van der Waals surface area contributed by atoms with Crippen molar-refractivity contribution < 1.29 is 31.1 Å². The lowest BCUT2D eigenvalue weighted by molar-refractivity contribution is -0.138. The minimum absolute atomic E-state index is 0.0805. The number of halogens is 4. The van der Waals surface area contributed by atoms with E-state index in [1.165, 1.54) is 26.3 Å². The quantitative estimate of drug-likeness (QED) is 0.360. The normalized spacial score (nSPS) is 11.8. The Morgan fingerprint density at radius 2 is 1.89 bits per heavy atom. The smallest absolute Gasteiger partial charge is 0.419 e. The lowest BCUT2D eigenvalue weighted by atomic mass is 10.0. The summed E-state index contributed by atoms with van der Waals surface area (Å²) in [6.45, 7) is 1.79. The molecule has 0 atom stereocenters. The Hall–Kier alpha value is -3.39. The molecule has 204 valence electrons. The van der Waals surface area contributed by atoms with Gasteiger partial charge in [-0.2, -0.15) is 13.2 Å². The number of aryl methyl sites for hydroxylation is 3. The maximum atomic E-state index is 13.8. The molecule has 0 aliphatic carbocycles. The fourth-order valence-corrected chi connectivity index (χ4v) is 4.71. The number of nitrogens with zero attached hydrogens (tertiary/aromatic N) is 3. The summed E-state index contributed by atoms with van der Waals surface area (Å²) in [4.78, 5) is 19.5. The van der Waals surface area contributed by atoms with E-state index in [0.717, 1.165) is 16.1 Å². The van der Waals surface area contributed by atoms with Crippen LogP contribution in [0.15, 0.2) is 41.0 Å². The van der Waals surface area contributed by atoms with Gasteiger partial charge in [0.15, 0.2) is 0 Å². The Balaban J connectivity index is 1.99. The summed E-state index contributed by atoms with van der Waals surface area (Å²) >= 11 is 3.23. The zero-order chi connectivity index (χ0) is 28.4. The van der Waals surface area contributed by atoms with Crippen molar-refractivity contribution in [3.05, 3.63) is 68.9 Å². The number of nitrogens with one attached hydrogen (secondary N) is 1. The van der Waals surface area contributed by atoms with Crippen LogP contribution in [0.25, 0.3) is 0 Å². The number of alkyl halides is 3. The highest BCUT2D eigenvalue weighted by molar-refractivity contribution is 9.10. The van der Waals surface area contributed by atoms with Gasteiger partial charge in [0.2, 0.25) is 21.9 Å². The number of aromatic nitrogens is 2. The van der Waals surface area contributed by atoms with E-state index in [1.807, 2.05) is 0 Å². The number of hydrogen-bond acceptors (Lipinski definition) is 7. The molecule has 3 N–H and O–H groups in total. The maximum Gasteiger partial charge on any atom is 0.419 e. The third-order valence-electron chi connectivity index (χ3n) is 5.68. The van der Waals surface area contributed by atoms with Crippen molar-refractivity contribution >= 4 is 49.2 Å². The van der Waals surface area contributed by atoms with Crippen LogP contribution in [0.5, 0.6) is 5.75 Å². The van der Waals surface area contributed by atoms with Crippen molar-refractivity contribution in [1.29, 1.82) is 0 Å².